The van der Waals surface area contributed by atoms with Crippen molar-refractivity contribution in [2.45, 2.75) is 12.6 Å². The lowest BCUT2D eigenvalue weighted by atomic mass is 10.3. The first kappa shape index (κ1) is 13.1. The van der Waals surface area contributed by atoms with E-state index in [1.807, 2.05) is 0 Å². The van der Waals surface area contributed by atoms with Gasteiger partial charge in [0.15, 0.2) is 0 Å². The Bertz CT molecular complexity index is 455. The third kappa shape index (κ3) is 3.56. The number of H-pyrrole nitrogens is 2. The largest absolute Gasteiger partial charge is 0.394 e. The molecule has 1 atom stereocenters. The van der Waals surface area contributed by atoms with Crippen LogP contribution in [0.4, 0.5) is 0 Å². The zero-order valence-corrected chi connectivity index (χ0v) is 9.87. The number of halogens is 1. The highest BCUT2D eigenvalue weighted by Gasteiger charge is 2.07. The molecular formula is C8H12BrN3O4. The maximum Gasteiger partial charge on any atom is 0.325 e. The second-order valence-electron chi connectivity index (χ2n) is 3.17. The summed E-state index contributed by atoms with van der Waals surface area (Å²) in [7, 11) is 0. The maximum absolute atomic E-state index is 11.2. The van der Waals surface area contributed by atoms with Gasteiger partial charge in [-0.1, -0.05) is 0 Å². The van der Waals surface area contributed by atoms with Gasteiger partial charge in [0.25, 0.3) is 5.56 Å². The zero-order valence-electron chi connectivity index (χ0n) is 8.29. The molecule has 0 saturated heterocycles. The minimum Gasteiger partial charge on any atom is -0.394 e. The summed E-state index contributed by atoms with van der Waals surface area (Å²) in [6, 6.07) is 0. The van der Waals surface area contributed by atoms with Crippen LogP contribution in [0, 0.1) is 0 Å². The van der Waals surface area contributed by atoms with E-state index < -0.39 is 17.4 Å². The van der Waals surface area contributed by atoms with Gasteiger partial charge in [-0.05, 0) is 15.9 Å². The van der Waals surface area contributed by atoms with Crippen molar-refractivity contribution in [3.8, 4) is 0 Å². The average molecular weight is 294 g/mol. The van der Waals surface area contributed by atoms with Crippen LogP contribution in [0.2, 0.25) is 0 Å². The van der Waals surface area contributed by atoms with Crippen molar-refractivity contribution in [1.82, 2.24) is 15.3 Å². The summed E-state index contributed by atoms with van der Waals surface area (Å²) in [6.07, 6.45) is -0.868. The van der Waals surface area contributed by atoms with E-state index >= 15 is 0 Å². The van der Waals surface area contributed by atoms with Crippen molar-refractivity contribution in [2.24, 2.45) is 0 Å². The monoisotopic (exact) mass is 293 g/mol. The summed E-state index contributed by atoms with van der Waals surface area (Å²) in [6.45, 7) is 0.0225. The third-order valence-corrected chi connectivity index (χ3v) is 2.69. The smallest absolute Gasteiger partial charge is 0.325 e. The molecule has 0 amide bonds. The normalized spacial score (nSPS) is 12.7. The van der Waals surface area contributed by atoms with E-state index in [-0.39, 0.29) is 24.2 Å². The topological polar surface area (TPSA) is 118 Å². The minimum atomic E-state index is -0.868. The molecule has 1 heterocycles. The highest BCUT2D eigenvalue weighted by molar-refractivity contribution is 9.10. The van der Waals surface area contributed by atoms with Crippen LogP contribution < -0.4 is 16.6 Å². The molecule has 0 saturated carbocycles. The van der Waals surface area contributed by atoms with Gasteiger partial charge in [0.05, 0.1) is 18.4 Å². The average Bonchev–Trinajstić information content (AvgIpc) is 2.24. The molecule has 1 aromatic rings. The Kier molecular flexibility index (Phi) is 4.87. The van der Waals surface area contributed by atoms with E-state index in [0.717, 1.165) is 0 Å². The van der Waals surface area contributed by atoms with Crippen molar-refractivity contribution >= 4 is 15.9 Å². The molecule has 0 aliphatic rings. The molecular weight excluding hydrogens is 282 g/mol. The molecule has 0 aliphatic heterocycles. The lowest BCUT2D eigenvalue weighted by Gasteiger charge is -2.09. The quantitative estimate of drug-likeness (QED) is 0.442. The molecule has 8 heteroatoms. The van der Waals surface area contributed by atoms with Crippen LogP contribution in [0.3, 0.4) is 0 Å². The number of aliphatic hydroxyl groups excluding tert-OH is 2. The molecule has 0 radical (unpaired) electrons. The van der Waals surface area contributed by atoms with Gasteiger partial charge in [-0.15, -0.1) is 0 Å². The van der Waals surface area contributed by atoms with E-state index in [4.69, 9.17) is 10.2 Å². The molecule has 0 fully saturated rings. The predicted molar refractivity (Wildman–Crippen MR) is 60.2 cm³/mol. The molecule has 1 rings (SSSR count). The molecule has 0 aromatic carbocycles. The number of aromatic nitrogens is 2. The van der Waals surface area contributed by atoms with E-state index in [2.05, 4.69) is 31.2 Å². The van der Waals surface area contributed by atoms with Crippen molar-refractivity contribution < 1.29 is 10.2 Å². The summed E-state index contributed by atoms with van der Waals surface area (Å²) in [4.78, 5) is 26.6. The fourth-order valence-corrected chi connectivity index (χ4v) is 1.41. The molecule has 0 spiro atoms. The Morgan fingerprint density at radius 2 is 2.06 bits per heavy atom. The van der Waals surface area contributed by atoms with Crippen LogP contribution in [0.15, 0.2) is 14.1 Å². The Morgan fingerprint density at radius 3 is 2.69 bits per heavy atom. The SMILES string of the molecule is O=c1[nH]c(CNCC(O)CO)c(Br)c(=O)[nH]1. The molecule has 7 nitrogen and oxygen atoms in total. The molecule has 1 unspecified atom stereocenters. The number of hydrogen-bond donors (Lipinski definition) is 5. The molecule has 16 heavy (non-hydrogen) atoms. The second kappa shape index (κ2) is 5.94. The highest BCUT2D eigenvalue weighted by Crippen LogP contribution is 2.05. The van der Waals surface area contributed by atoms with Crippen molar-refractivity contribution in [3.63, 3.8) is 0 Å². The second-order valence-corrected chi connectivity index (χ2v) is 3.96. The third-order valence-electron chi connectivity index (χ3n) is 1.85. The molecule has 90 valence electrons. The highest BCUT2D eigenvalue weighted by atomic mass is 79.9. The molecule has 5 N–H and O–H groups in total. The molecule has 1 aromatic heterocycles. The van der Waals surface area contributed by atoms with Crippen molar-refractivity contribution in [1.29, 1.82) is 0 Å². The standard InChI is InChI=1S/C8H12BrN3O4/c9-6-5(2-10-1-4(14)3-13)11-8(16)12-7(6)15/h4,10,13-14H,1-3H2,(H2,11,12,15,16). The van der Waals surface area contributed by atoms with Gasteiger partial charge in [0.2, 0.25) is 0 Å². The van der Waals surface area contributed by atoms with Crippen LogP contribution in [-0.2, 0) is 6.54 Å². The summed E-state index contributed by atoms with van der Waals surface area (Å²) < 4.78 is 0.234. The van der Waals surface area contributed by atoms with E-state index in [1.165, 1.54) is 0 Å². The number of rotatable bonds is 5. The Balaban J connectivity index is 2.67. The first-order chi connectivity index (χ1) is 7.54. The fraction of sp³-hybridized carbons (Fsp3) is 0.500. The summed E-state index contributed by atoms with van der Waals surface area (Å²) >= 11 is 3.03. The van der Waals surface area contributed by atoms with Crippen LogP contribution in [0.1, 0.15) is 5.69 Å². The minimum absolute atomic E-state index is 0.164. The number of aromatic amines is 2. The fourth-order valence-electron chi connectivity index (χ4n) is 1.07. The Hall–Kier alpha value is -0.960. The van der Waals surface area contributed by atoms with Gasteiger partial charge in [0, 0.05) is 13.1 Å². The zero-order chi connectivity index (χ0) is 12.1. The summed E-state index contributed by atoms with van der Waals surface area (Å²) in [5.41, 5.74) is -0.713. The number of nitrogens with one attached hydrogen (secondary N) is 3. The number of hydrogen-bond acceptors (Lipinski definition) is 5. The lowest BCUT2D eigenvalue weighted by Crippen LogP contribution is -2.32. The van der Waals surface area contributed by atoms with E-state index in [1.54, 1.807) is 0 Å². The Morgan fingerprint density at radius 1 is 1.38 bits per heavy atom. The van der Waals surface area contributed by atoms with Gasteiger partial charge in [-0.3, -0.25) is 9.78 Å². The van der Waals surface area contributed by atoms with E-state index in [9.17, 15) is 9.59 Å². The van der Waals surface area contributed by atoms with Gasteiger partial charge in [-0.25, -0.2) is 4.79 Å². The van der Waals surface area contributed by atoms with E-state index in [0.29, 0.717) is 5.69 Å². The number of aliphatic hydroxyl groups is 2. The van der Waals surface area contributed by atoms with Gasteiger partial charge >= 0.3 is 5.69 Å². The van der Waals surface area contributed by atoms with Gasteiger partial charge < -0.3 is 20.5 Å². The summed E-state index contributed by atoms with van der Waals surface area (Å²) in [5.74, 6) is 0. The first-order valence-electron chi connectivity index (χ1n) is 4.55. The van der Waals surface area contributed by atoms with Crippen LogP contribution in [0.5, 0.6) is 0 Å². The first-order valence-corrected chi connectivity index (χ1v) is 5.34. The molecule has 0 aliphatic carbocycles. The van der Waals surface area contributed by atoms with Crippen molar-refractivity contribution in [2.75, 3.05) is 13.2 Å². The van der Waals surface area contributed by atoms with Crippen LogP contribution in [-0.4, -0.2) is 39.4 Å². The van der Waals surface area contributed by atoms with Gasteiger partial charge in [0.1, 0.15) is 4.47 Å². The molecule has 0 bridgehead atoms. The van der Waals surface area contributed by atoms with Crippen LogP contribution in [0.25, 0.3) is 0 Å². The Labute approximate surface area is 98.7 Å². The maximum atomic E-state index is 11.2. The predicted octanol–water partition coefficient (Wildman–Crippen LogP) is -1.73. The van der Waals surface area contributed by atoms with Gasteiger partial charge in [-0.2, -0.15) is 0 Å². The summed E-state index contributed by atoms with van der Waals surface area (Å²) in [5, 5.41) is 20.4. The lowest BCUT2D eigenvalue weighted by molar-refractivity contribution is 0.0941. The van der Waals surface area contributed by atoms with Crippen LogP contribution >= 0.6 is 15.9 Å². The van der Waals surface area contributed by atoms with Crippen molar-refractivity contribution in [3.05, 3.63) is 31.0 Å².